The van der Waals surface area contributed by atoms with Gasteiger partial charge in [0.1, 0.15) is 17.3 Å². The Hall–Kier alpha value is -2.61. The molecule has 6 nitrogen and oxygen atoms in total. The number of hydrogen-bond acceptors (Lipinski definition) is 5. The average molecular weight is 372 g/mol. The van der Waals surface area contributed by atoms with Crippen LogP contribution in [0.3, 0.4) is 0 Å². The second-order valence-corrected chi connectivity index (χ2v) is 8.56. The van der Waals surface area contributed by atoms with E-state index in [0.29, 0.717) is 29.3 Å². The fourth-order valence-electron chi connectivity index (χ4n) is 3.15. The lowest BCUT2D eigenvalue weighted by Gasteiger charge is -2.12. The fourth-order valence-corrected chi connectivity index (χ4v) is 4.84. The van der Waals surface area contributed by atoms with Crippen LogP contribution in [-0.4, -0.2) is 39.7 Å². The maximum absolute atomic E-state index is 14.1. The molecule has 3 aromatic rings. The summed E-state index contributed by atoms with van der Waals surface area (Å²) < 4.78 is 39.5. The first kappa shape index (κ1) is 16.8. The maximum Gasteiger partial charge on any atom is 0.200 e. The monoisotopic (exact) mass is 372 g/mol. The molecule has 1 saturated heterocycles. The number of nitrogens with zero attached hydrogens (tertiary/aromatic N) is 4. The second-order valence-electron chi connectivity index (χ2n) is 6.34. The molecule has 0 N–H and O–H groups in total. The highest BCUT2D eigenvalue weighted by Gasteiger charge is 2.32. The predicted octanol–water partition coefficient (Wildman–Crippen LogP) is 2.43. The topological polar surface area (TPSA) is 77.7 Å². The highest BCUT2D eigenvalue weighted by Crippen LogP contribution is 2.27. The van der Waals surface area contributed by atoms with Gasteiger partial charge in [-0.1, -0.05) is 24.3 Å². The molecule has 26 heavy (non-hydrogen) atoms. The fraction of sp³-hybridized carbons (Fsp3) is 0.278. The molecule has 1 aliphatic heterocycles. The Morgan fingerprint density at radius 2 is 1.96 bits per heavy atom. The van der Waals surface area contributed by atoms with Crippen molar-refractivity contribution in [2.75, 3.05) is 11.5 Å². The van der Waals surface area contributed by atoms with Crippen LogP contribution in [0.5, 0.6) is 0 Å². The summed E-state index contributed by atoms with van der Waals surface area (Å²) in [5.41, 5.74) is 1.09. The van der Waals surface area contributed by atoms with Crippen molar-refractivity contribution in [2.45, 2.75) is 18.9 Å². The zero-order valence-corrected chi connectivity index (χ0v) is 14.7. The van der Waals surface area contributed by atoms with Gasteiger partial charge in [0.05, 0.1) is 17.5 Å². The van der Waals surface area contributed by atoms with Crippen molar-refractivity contribution in [1.29, 1.82) is 0 Å². The smallest absolute Gasteiger partial charge is 0.200 e. The van der Waals surface area contributed by atoms with Crippen LogP contribution < -0.4 is 0 Å². The van der Waals surface area contributed by atoms with E-state index in [2.05, 4.69) is 15.1 Å². The molecule has 2 aromatic heterocycles. The Balaban J connectivity index is 1.75. The molecule has 0 aliphatic carbocycles. The number of sulfone groups is 1. The van der Waals surface area contributed by atoms with Crippen molar-refractivity contribution < 1.29 is 12.8 Å². The van der Waals surface area contributed by atoms with Gasteiger partial charge in [-0.15, -0.1) is 5.10 Å². The van der Waals surface area contributed by atoms with Crippen molar-refractivity contribution >= 4 is 9.84 Å². The third kappa shape index (κ3) is 3.37. The van der Waals surface area contributed by atoms with E-state index < -0.39 is 9.84 Å². The van der Waals surface area contributed by atoms with E-state index in [1.54, 1.807) is 41.2 Å². The van der Waals surface area contributed by atoms with Crippen LogP contribution in [-0.2, 0) is 16.3 Å². The number of benzene rings is 1. The molecular formula is C18H17FN4O2S. The number of pyridine rings is 1. The summed E-state index contributed by atoms with van der Waals surface area (Å²) >= 11 is 0. The summed E-state index contributed by atoms with van der Waals surface area (Å²) in [7, 11) is -3.08. The Bertz CT molecular complexity index is 1030. The molecular weight excluding hydrogens is 355 g/mol. The van der Waals surface area contributed by atoms with E-state index in [1.807, 2.05) is 6.07 Å². The van der Waals surface area contributed by atoms with Crippen molar-refractivity contribution in [1.82, 2.24) is 19.7 Å². The van der Waals surface area contributed by atoms with Crippen molar-refractivity contribution in [3.8, 4) is 11.5 Å². The van der Waals surface area contributed by atoms with Crippen LogP contribution >= 0.6 is 0 Å². The van der Waals surface area contributed by atoms with Crippen molar-refractivity contribution in [3.63, 3.8) is 0 Å². The normalized spacial score (nSPS) is 18.9. The average Bonchev–Trinajstić information content (AvgIpc) is 3.21. The first-order valence-corrected chi connectivity index (χ1v) is 10.1. The standard InChI is InChI=1S/C18H17FN4O2S/c19-15-6-2-1-5-13(15)11-17-21-18(16-7-3-4-9-20-16)22-23(17)14-8-10-26(24,25)12-14/h1-7,9,14H,8,10-12H2. The van der Waals surface area contributed by atoms with Gasteiger partial charge in [0.25, 0.3) is 0 Å². The molecule has 0 bridgehead atoms. The minimum atomic E-state index is -3.08. The highest BCUT2D eigenvalue weighted by atomic mass is 32.2. The van der Waals surface area contributed by atoms with E-state index in [1.165, 1.54) is 6.07 Å². The molecule has 4 rings (SSSR count). The van der Waals surface area contributed by atoms with E-state index >= 15 is 0 Å². The van der Waals surface area contributed by atoms with Crippen molar-refractivity contribution in [3.05, 3.63) is 65.9 Å². The molecule has 0 radical (unpaired) electrons. The van der Waals surface area contributed by atoms with Gasteiger partial charge in [-0.2, -0.15) is 0 Å². The third-order valence-electron chi connectivity index (χ3n) is 4.46. The minimum Gasteiger partial charge on any atom is -0.253 e. The number of aromatic nitrogens is 4. The molecule has 3 heterocycles. The summed E-state index contributed by atoms with van der Waals surface area (Å²) in [6.07, 6.45) is 2.37. The van der Waals surface area contributed by atoms with Gasteiger partial charge in [0.15, 0.2) is 15.7 Å². The van der Waals surface area contributed by atoms with Gasteiger partial charge in [0, 0.05) is 12.6 Å². The first-order chi connectivity index (χ1) is 12.5. The number of rotatable bonds is 4. The molecule has 8 heteroatoms. The SMILES string of the molecule is O=S1(=O)CCC(n2nc(-c3ccccn3)nc2Cc2ccccc2F)C1. The van der Waals surface area contributed by atoms with Crippen LogP contribution in [0.25, 0.3) is 11.5 Å². The van der Waals surface area contributed by atoms with E-state index in [0.717, 1.165) is 0 Å². The molecule has 1 fully saturated rings. The van der Waals surface area contributed by atoms with Crippen LogP contribution in [0, 0.1) is 5.82 Å². The van der Waals surface area contributed by atoms with Crippen molar-refractivity contribution in [2.24, 2.45) is 0 Å². The van der Waals surface area contributed by atoms with Gasteiger partial charge in [-0.25, -0.2) is 22.5 Å². The van der Waals surface area contributed by atoms with E-state index in [4.69, 9.17) is 0 Å². The summed E-state index contributed by atoms with van der Waals surface area (Å²) in [5.74, 6) is 0.803. The predicted molar refractivity (Wildman–Crippen MR) is 94.8 cm³/mol. The number of hydrogen-bond donors (Lipinski definition) is 0. The second kappa shape index (κ2) is 6.60. The molecule has 0 saturated carbocycles. The van der Waals surface area contributed by atoms with Crippen LogP contribution in [0.1, 0.15) is 23.9 Å². The summed E-state index contributed by atoms with van der Waals surface area (Å²) in [6.45, 7) is 0. The summed E-state index contributed by atoms with van der Waals surface area (Å²) in [6, 6.07) is 11.6. The summed E-state index contributed by atoms with van der Waals surface area (Å²) in [5, 5.41) is 4.51. The lowest BCUT2D eigenvalue weighted by molar-refractivity contribution is 0.480. The van der Waals surface area contributed by atoms with Crippen LogP contribution in [0.2, 0.25) is 0 Å². The molecule has 0 amide bonds. The summed E-state index contributed by atoms with van der Waals surface area (Å²) in [4.78, 5) is 8.79. The van der Waals surface area contributed by atoms with E-state index in [9.17, 15) is 12.8 Å². The molecule has 1 unspecified atom stereocenters. The zero-order chi connectivity index (χ0) is 18.1. The number of halogens is 1. The zero-order valence-electron chi connectivity index (χ0n) is 13.9. The molecule has 1 aromatic carbocycles. The maximum atomic E-state index is 14.1. The van der Waals surface area contributed by atoms with Gasteiger partial charge in [-0.3, -0.25) is 4.98 Å². The first-order valence-electron chi connectivity index (χ1n) is 8.32. The Morgan fingerprint density at radius 1 is 1.15 bits per heavy atom. The largest absolute Gasteiger partial charge is 0.253 e. The molecule has 1 atom stereocenters. The Kier molecular flexibility index (Phi) is 4.28. The molecule has 1 aliphatic rings. The lowest BCUT2D eigenvalue weighted by Crippen LogP contribution is -2.16. The lowest BCUT2D eigenvalue weighted by atomic mass is 10.1. The molecule has 134 valence electrons. The Labute approximate surface area is 150 Å². The Morgan fingerprint density at radius 3 is 2.65 bits per heavy atom. The van der Waals surface area contributed by atoms with Gasteiger partial charge in [-0.05, 0) is 30.2 Å². The van der Waals surface area contributed by atoms with Gasteiger partial charge >= 0.3 is 0 Å². The third-order valence-corrected chi connectivity index (χ3v) is 6.21. The van der Waals surface area contributed by atoms with Crippen LogP contribution in [0.4, 0.5) is 4.39 Å². The highest BCUT2D eigenvalue weighted by molar-refractivity contribution is 7.91. The van der Waals surface area contributed by atoms with Crippen LogP contribution in [0.15, 0.2) is 48.7 Å². The van der Waals surface area contributed by atoms with Gasteiger partial charge < -0.3 is 0 Å². The minimum absolute atomic E-state index is 0.0300. The molecule has 0 spiro atoms. The van der Waals surface area contributed by atoms with Gasteiger partial charge in [0.2, 0.25) is 0 Å². The quantitative estimate of drug-likeness (QED) is 0.703. The van der Waals surface area contributed by atoms with E-state index in [-0.39, 0.29) is 29.8 Å².